The third kappa shape index (κ3) is 4.01. The molecule has 1 atom stereocenters. The Kier molecular flexibility index (Phi) is 4.79. The van der Waals surface area contributed by atoms with Gasteiger partial charge in [-0.2, -0.15) is 0 Å². The van der Waals surface area contributed by atoms with Gasteiger partial charge in [0.15, 0.2) is 5.82 Å². The second-order valence-corrected chi connectivity index (χ2v) is 6.79. The van der Waals surface area contributed by atoms with Crippen molar-refractivity contribution in [3.8, 4) is 11.4 Å². The maximum Gasteiger partial charge on any atom is 0.163 e. The molecule has 0 saturated carbocycles. The molecule has 23 heavy (non-hydrogen) atoms. The van der Waals surface area contributed by atoms with Crippen LogP contribution in [0.1, 0.15) is 33.6 Å². The minimum absolute atomic E-state index is 0.349. The Morgan fingerprint density at radius 3 is 2.65 bits per heavy atom. The highest BCUT2D eigenvalue weighted by atomic mass is 15.2. The van der Waals surface area contributed by atoms with Crippen molar-refractivity contribution in [3.05, 3.63) is 36.4 Å². The van der Waals surface area contributed by atoms with Gasteiger partial charge in [0.2, 0.25) is 0 Å². The predicted octanol–water partition coefficient (Wildman–Crippen LogP) is 4.20. The van der Waals surface area contributed by atoms with E-state index in [1.807, 2.05) is 18.2 Å². The molecule has 3 rings (SSSR count). The van der Waals surface area contributed by atoms with Crippen molar-refractivity contribution in [1.82, 2.24) is 9.97 Å². The molecular weight excluding hydrogens is 284 g/mol. The van der Waals surface area contributed by atoms with Gasteiger partial charge in [-0.05, 0) is 32.6 Å². The highest BCUT2D eigenvalue weighted by Crippen LogP contribution is 2.26. The molecule has 2 aromatic rings. The minimum atomic E-state index is 0.349. The SMILES string of the molecule is CC1CCCN(c2cc(NC(C)C)nc(-c3ccccc3)n2)C1. The summed E-state index contributed by atoms with van der Waals surface area (Å²) in [6.07, 6.45) is 2.54. The van der Waals surface area contributed by atoms with Gasteiger partial charge < -0.3 is 10.2 Å². The van der Waals surface area contributed by atoms with Crippen LogP contribution in [0.25, 0.3) is 11.4 Å². The fraction of sp³-hybridized carbons (Fsp3) is 0.474. The molecule has 0 radical (unpaired) electrons. The van der Waals surface area contributed by atoms with E-state index in [0.29, 0.717) is 6.04 Å². The predicted molar refractivity (Wildman–Crippen MR) is 96.8 cm³/mol. The number of hydrogen-bond acceptors (Lipinski definition) is 4. The number of piperidine rings is 1. The summed E-state index contributed by atoms with van der Waals surface area (Å²) < 4.78 is 0. The summed E-state index contributed by atoms with van der Waals surface area (Å²) in [5.74, 6) is 3.46. The molecule has 1 aliphatic rings. The molecule has 1 aromatic heterocycles. The molecule has 0 amide bonds. The van der Waals surface area contributed by atoms with E-state index in [4.69, 9.17) is 9.97 Å². The van der Waals surface area contributed by atoms with E-state index in [0.717, 1.165) is 42.0 Å². The van der Waals surface area contributed by atoms with Gasteiger partial charge in [-0.15, -0.1) is 0 Å². The zero-order valence-corrected chi connectivity index (χ0v) is 14.3. The molecule has 4 nitrogen and oxygen atoms in total. The Morgan fingerprint density at radius 1 is 1.17 bits per heavy atom. The van der Waals surface area contributed by atoms with E-state index >= 15 is 0 Å². The molecule has 0 bridgehead atoms. The number of aromatic nitrogens is 2. The molecule has 122 valence electrons. The van der Waals surface area contributed by atoms with Crippen molar-refractivity contribution in [2.24, 2.45) is 5.92 Å². The lowest BCUT2D eigenvalue weighted by Gasteiger charge is -2.32. The molecule has 1 unspecified atom stereocenters. The highest BCUT2D eigenvalue weighted by Gasteiger charge is 2.19. The van der Waals surface area contributed by atoms with Crippen molar-refractivity contribution < 1.29 is 0 Å². The fourth-order valence-electron chi connectivity index (χ4n) is 3.08. The Bertz CT molecular complexity index is 639. The summed E-state index contributed by atoms with van der Waals surface area (Å²) in [6, 6.07) is 12.7. The Hall–Kier alpha value is -2.10. The van der Waals surface area contributed by atoms with E-state index < -0.39 is 0 Å². The van der Waals surface area contributed by atoms with Crippen molar-refractivity contribution in [1.29, 1.82) is 0 Å². The highest BCUT2D eigenvalue weighted by molar-refractivity contribution is 5.62. The number of nitrogens with one attached hydrogen (secondary N) is 1. The maximum atomic E-state index is 4.84. The molecule has 0 aliphatic carbocycles. The zero-order valence-electron chi connectivity index (χ0n) is 14.3. The van der Waals surface area contributed by atoms with Gasteiger partial charge in [-0.3, -0.25) is 0 Å². The Labute approximate surface area is 139 Å². The number of nitrogens with zero attached hydrogens (tertiary/aromatic N) is 3. The number of hydrogen-bond donors (Lipinski definition) is 1. The first-order valence-corrected chi connectivity index (χ1v) is 8.58. The van der Waals surface area contributed by atoms with E-state index in [1.54, 1.807) is 0 Å². The summed E-state index contributed by atoms with van der Waals surface area (Å²) in [5.41, 5.74) is 1.06. The van der Waals surface area contributed by atoms with Gasteiger partial charge in [0.05, 0.1) is 0 Å². The molecular formula is C19H26N4. The van der Waals surface area contributed by atoms with Crippen LogP contribution in [0.5, 0.6) is 0 Å². The smallest absolute Gasteiger partial charge is 0.163 e. The van der Waals surface area contributed by atoms with Gasteiger partial charge in [0, 0.05) is 30.8 Å². The average molecular weight is 310 g/mol. The van der Waals surface area contributed by atoms with Gasteiger partial charge >= 0.3 is 0 Å². The largest absolute Gasteiger partial charge is 0.368 e. The third-order valence-corrected chi connectivity index (χ3v) is 4.16. The van der Waals surface area contributed by atoms with E-state index in [-0.39, 0.29) is 0 Å². The normalized spacial score (nSPS) is 18.3. The third-order valence-electron chi connectivity index (χ3n) is 4.16. The van der Waals surface area contributed by atoms with E-state index in [9.17, 15) is 0 Å². The van der Waals surface area contributed by atoms with Crippen LogP contribution >= 0.6 is 0 Å². The summed E-state index contributed by atoms with van der Waals surface area (Å²) in [5, 5.41) is 3.43. The van der Waals surface area contributed by atoms with Crippen LogP contribution < -0.4 is 10.2 Å². The number of anilines is 2. The first kappa shape index (κ1) is 15.8. The lowest BCUT2D eigenvalue weighted by molar-refractivity contribution is 0.444. The van der Waals surface area contributed by atoms with Gasteiger partial charge in [-0.25, -0.2) is 9.97 Å². The van der Waals surface area contributed by atoms with Crippen LogP contribution in [0.3, 0.4) is 0 Å². The monoisotopic (exact) mass is 310 g/mol. The number of rotatable bonds is 4. The van der Waals surface area contributed by atoms with Crippen LogP contribution in [-0.4, -0.2) is 29.1 Å². The minimum Gasteiger partial charge on any atom is -0.368 e. The van der Waals surface area contributed by atoms with Crippen LogP contribution in [0.15, 0.2) is 36.4 Å². The zero-order chi connectivity index (χ0) is 16.2. The second kappa shape index (κ2) is 6.99. The molecule has 1 aromatic carbocycles. The molecule has 1 aliphatic heterocycles. The molecule has 1 saturated heterocycles. The summed E-state index contributed by atoms with van der Waals surface area (Å²) in [4.78, 5) is 11.9. The fourth-order valence-corrected chi connectivity index (χ4v) is 3.08. The van der Waals surface area contributed by atoms with Crippen LogP contribution in [0.2, 0.25) is 0 Å². The van der Waals surface area contributed by atoms with Crippen LogP contribution in [0.4, 0.5) is 11.6 Å². The Morgan fingerprint density at radius 2 is 1.96 bits per heavy atom. The average Bonchev–Trinajstić information content (AvgIpc) is 2.55. The van der Waals surface area contributed by atoms with E-state index in [2.05, 4.69) is 49.2 Å². The second-order valence-electron chi connectivity index (χ2n) is 6.79. The first-order chi connectivity index (χ1) is 11.1. The molecule has 2 heterocycles. The van der Waals surface area contributed by atoms with Gasteiger partial charge in [0.1, 0.15) is 11.6 Å². The lowest BCUT2D eigenvalue weighted by Crippen LogP contribution is -2.35. The van der Waals surface area contributed by atoms with Crippen LogP contribution in [0, 0.1) is 5.92 Å². The summed E-state index contributed by atoms with van der Waals surface area (Å²) in [6.45, 7) is 8.74. The van der Waals surface area contributed by atoms with Crippen molar-refractivity contribution in [2.45, 2.75) is 39.7 Å². The molecule has 4 heteroatoms. The topological polar surface area (TPSA) is 41.0 Å². The summed E-state index contributed by atoms with van der Waals surface area (Å²) >= 11 is 0. The quantitative estimate of drug-likeness (QED) is 0.919. The standard InChI is InChI=1S/C19H26N4/c1-14(2)20-17-12-18(23-11-7-8-15(3)13-23)22-19(21-17)16-9-5-4-6-10-16/h4-6,9-10,12,14-15H,7-8,11,13H2,1-3H3,(H,20,21,22). The van der Waals surface area contributed by atoms with Crippen molar-refractivity contribution in [3.63, 3.8) is 0 Å². The van der Waals surface area contributed by atoms with Crippen molar-refractivity contribution >= 4 is 11.6 Å². The molecule has 1 N–H and O–H groups in total. The number of benzene rings is 1. The van der Waals surface area contributed by atoms with Crippen LogP contribution in [-0.2, 0) is 0 Å². The molecule has 0 spiro atoms. The van der Waals surface area contributed by atoms with Crippen molar-refractivity contribution in [2.75, 3.05) is 23.3 Å². The summed E-state index contributed by atoms with van der Waals surface area (Å²) in [7, 11) is 0. The lowest BCUT2D eigenvalue weighted by atomic mass is 10.0. The van der Waals surface area contributed by atoms with Gasteiger partial charge in [0.25, 0.3) is 0 Å². The van der Waals surface area contributed by atoms with E-state index in [1.165, 1.54) is 12.8 Å². The first-order valence-electron chi connectivity index (χ1n) is 8.58. The Balaban J connectivity index is 1.97. The van der Waals surface area contributed by atoms with Gasteiger partial charge in [-0.1, -0.05) is 37.3 Å². The maximum absolute atomic E-state index is 4.84. The molecule has 1 fully saturated rings.